The molecule has 1 aromatic heterocycles. The summed E-state index contributed by atoms with van der Waals surface area (Å²) in [5, 5.41) is 12.2. The number of halogens is 1. The molecule has 0 aliphatic carbocycles. The van der Waals surface area contributed by atoms with Crippen molar-refractivity contribution in [2.24, 2.45) is 0 Å². The SMILES string of the molecule is CSCC(=O)Nc1c(C#N)c(C)c(C)n1Cc1ccc(F)cc1. The predicted molar refractivity (Wildman–Crippen MR) is 91.1 cm³/mol. The van der Waals surface area contributed by atoms with E-state index in [1.807, 2.05) is 24.7 Å². The second-order valence-corrected chi connectivity index (χ2v) is 6.11. The Labute approximate surface area is 139 Å². The van der Waals surface area contributed by atoms with Crippen LogP contribution in [0.4, 0.5) is 10.2 Å². The Balaban J connectivity index is 2.42. The largest absolute Gasteiger partial charge is 0.326 e. The van der Waals surface area contributed by atoms with E-state index in [4.69, 9.17) is 0 Å². The van der Waals surface area contributed by atoms with Gasteiger partial charge in [0.25, 0.3) is 0 Å². The van der Waals surface area contributed by atoms with E-state index < -0.39 is 0 Å². The molecule has 0 saturated carbocycles. The lowest BCUT2D eigenvalue weighted by molar-refractivity contribution is -0.113. The standard InChI is InChI=1S/C17H18FN3OS/c1-11-12(2)21(9-13-4-6-14(18)7-5-13)17(15(11)8-19)20-16(22)10-23-3/h4-7H,9-10H2,1-3H3,(H,20,22). The fraction of sp³-hybridized carbons (Fsp3) is 0.294. The van der Waals surface area contributed by atoms with Crippen molar-refractivity contribution in [1.29, 1.82) is 5.26 Å². The van der Waals surface area contributed by atoms with E-state index >= 15 is 0 Å². The summed E-state index contributed by atoms with van der Waals surface area (Å²) in [7, 11) is 0. The third kappa shape index (κ3) is 3.74. The van der Waals surface area contributed by atoms with Crippen molar-refractivity contribution >= 4 is 23.5 Å². The van der Waals surface area contributed by atoms with Crippen LogP contribution in [0.2, 0.25) is 0 Å². The number of nitriles is 1. The van der Waals surface area contributed by atoms with E-state index in [9.17, 15) is 14.4 Å². The van der Waals surface area contributed by atoms with Gasteiger partial charge in [-0.1, -0.05) is 12.1 Å². The van der Waals surface area contributed by atoms with Crippen LogP contribution in [0, 0.1) is 31.0 Å². The summed E-state index contributed by atoms with van der Waals surface area (Å²) >= 11 is 1.42. The third-order valence-corrected chi connectivity index (χ3v) is 4.28. The lowest BCUT2D eigenvalue weighted by Crippen LogP contribution is -2.18. The van der Waals surface area contributed by atoms with Crippen LogP contribution in [0.5, 0.6) is 0 Å². The van der Waals surface area contributed by atoms with Crippen molar-refractivity contribution in [2.75, 3.05) is 17.3 Å². The minimum Gasteiger partial charge on any atom is -0.326 e. The Morgan fingerprint density at radius 3 is 2.57 bits per heavy atom. The first kappa shape index (κ1) is 17.1. The molecule has 0 radical (unpaired) electrons. The van der Waals surface area contributed by atoms with Crippen LogP contribution in [0.1, 0.15) is 22.4 Å². The molecular formula is C17H18FN3OS. The normalized spacial score (nSPS) is 10.4. The predicted octanol–water partition coefficient (Wildman–Crippen LogP) is 3.47. The summed E-state index contributed by atoms with van der Waals surface area (Å²) in [4.78, 5) is 11.9. The van der Waals surface area contributed by atoms with Gasteiger partial charge in [-0.15, -0.1) is 0 Å². The molecule has 0 atom stereocenters. The van der Waals surface area contributed by atoms with Crippen LogP contribution in [0.15, 0.2) is 24.3 Å². The van der Waals surface area contributed by atoms with Crippen molar-refractivity contribution in [1.82, 2.24) is 4.57 Å². The van der Waals surface area contributed by atoms with Crippen molar-refractivity contribution < 1.29 is 9.18 Å². The number of benzene rings is 1. The number of carbonyl (C=O) groups is 1. The Morgan fingerprint density at radius 1 is 1.35 bits per heavy atom. The lowest BCUT2D eigenvalue weighted by Gasteiger charge is -2.13. The number of aromatic nitrogens is 1. The Kier molecular flexibility index (Phi) is 5.45. The van der Waals surface area contributed by atoms with Gasteiger partial charge in [-0.25, -0.2) is 4.39 Å². The molecule has 120 valence electrons. The first-order valence-corrected chi connectivity index (χ1v) is 8.50. The maximum absolute atomic E-state index is 13.1. The van der Waals surface area contributed by atoms with Crippen molar-refractivity contribution in [2.45, 2.75) is 20.4 Å². The average molecular weight is 331 g/mol. The second kappa shape index (κ2) is 7.34. The molecule has 0 unspecified atom stereocenters. The molecule has 1 aromatic carbocycles. The minimum atomic E-state index is -0.291. The Morgan fingerprint density at radius 2 is 2.00 bits per heavy atom. The molecule has 0 aliphatic rings. The number of carbonyl (C=O) groups excluding carboxylic acids is 1. The van der Waals surface area contributed by atoms with Gasteiger partial charge in [0.05, 0.1) is 11.3 Å². The fourth-order valence-electron chi connectivity index (χ4n) is 2.40. The Hall–Kier alpha value is -2.26. The van der Waals surface area contributed by atoms with Gasteiger partial charge in [0.1, 0.15) is 17.7 Å². The van der Waals surface area contributed by atoms with Crippen LogP contribution in [0.25, 0.3) is 0 Å². The number of amides is 1. The van der Waals surface area contributed by atoms with Crippen molar-refractivity contribution in [3.63, 3.8) is 0 Å². The zero-order valence-electron chi connectivity index (χ0n) is 13.3. The van der Waals surface area contributed by atoms with Crippen LogP contribution in [0.3, 0.4) is 0 Å². The van der Waals surface area contributed by atoms with E-state index in [0.717, 1.165) is 16.8 Å². The third-order valence-electron chi connectivity index (χ3n) is 3.73. The number of nitrogens with one attached hydrogen (secondary N) is 1. The molecule has 0 spiro atoms. The fourth-order valence-corrected chi connectivity index (χ4v) is 2.73. The highest BCUT2D eigenvalue weighted by Crippen LogP contribution is 2.27. The molecule has 0 aliphatic heterocycles. The monoisotopic (exact) mass is 331 g/mol. The lowest BCUT2D eigenvalue weighted by atomic mass is 10.2. The van der Waals surface area contributed by atoms with Crippen molar-refractivity contribution in [3.05, 3.63) is 52.5 Å². The molecule has 6 heteroatoms. The van der Waals surface area contributed by atoms with E-state index in [1.165, 1.54) is 23.9 Å². The van der Waals surface area contributed by atoms with Crippen LogP contribution >= 0.6 is 11.8 Å². The van der Waals surface area contributed by atoms with Gasteiger partial charge in [0.2, 0.25) is 5.91 Å². The van der Waals surface area contributed by atoms with Gasteiger partial charge in [-0.3, -0.25) is 4.79 Å². The van der Waals surface area contributed by atoms with Gasteiger partial charge >= 0.3 is 0 Å². The average Bonchev–Trinajstić information content (AvgIpc) is 2.74. The van der Waals surface area contributed by atoms with E-state index in [2.05, 4.69) is 11.4 Å². The first-order chi connectivity index (χ1) is 11.0. The number of thioether (sulfide) groups is 1. The summed E-state index contributed by atoms with van der Waals surface area (Å²) in [6, 6.07) is 8.36. The zero-order valence-corrected chi connectivity index (χ0v) is 14.1. The highest BCUT2D eigenvalue weighted by Gasteiger charge is 2.19. The highest BCUT2D eigenvalue weighted by molar-refractivity contribution is 7.99. The number of anilines is 1. The first-order valence-electron chi connectivity index (χ1n) is 7.11. The van der Waals surface area contributed by atoms with Crippen LogP contribution in [-0.4, -0.2) is 22.5 Å². The summed E-state index contributed by atoms with van der Waals surface area (Å²) in [6.07, 6.45) is 1.85. The van der Waals surface area contributed by atoms with Crippen LogP contribution < -0.4 is 5.32 Å². The molecule has 4 nitrogen and oxygen atoms in total. The maximum Gasteiger partial charge on any atom is 0.235 e. The van der Waals surface area contributed by atoms with Gasteiger partial charge in [0, 0.05) is 12.2 Å². The van der Waals surface area contributed by atoms with E-state index in [0.29, 0.717) is 23.7 Å². The molecule has 1 amide bonds. The quantitative estimate of drug-likeness (QED) is 0.913. The second-order valence-electron chi connectivity index (χ2n) is 5.24. The minimum absolute atomic E-state index is 0.146. The maximum atomic E-state index is 13.1. The van der Waals surface area contributed by atoms with E-state index in [-0.39, 0.29) is 11.7 Å². The molecular weight excluding hydrogens is 313 g/mol. The Bertz CT molecular complexity index is 760. The molecule has 1 heterocycles. The number of hydrogen-bond donors (Lipinski definition) is 1. The topological polar surface area (TPSA) is 57.8 Å². The molecule has 0 saturated heterocycles. The summed E-state index contributed by atoms with van der Waals surface area (Å²) in [5.41, 5.74) is 3.12. The van der Waals surface area contributed by atoms with Crippen molar-refractivity contribution in [3.8, 4) is 6.07 Å². The van der Waals surface area contributed by atoms with Gasteiger partial charge in [-0.05, 0) is 43.4 Å². The van der Waals surface area contributed by atoms with Crippen LogP contribution in [-0.2, 0) is 11.3 Å². The zero-order chi connectivity index (χ0) is 17.0. The highest BCUT2D eigenvalue weighted by atomic mass is 32.2. The summed E-state index contributed by atoms with van der Waals surface area (Å²) in [6.45, 7) is 4.23. The van der Waals surface area contributed by atoms with E-state index in [1.54, 1.807) is 12.1 Å². The van der Waals surface area contributed by atoms with Gasteiger partial charge < -0.3 is 9.88 Å². The molecule has 23 heavy (non-hydrogen) atoms. The van der Waals surface area contributed by atoms with Gasteiger partial charge in [0.15, 0.2) is 0 Å². The number of nitrogens with zero attached hydrogens (tertiary/aromatic N) is 2. The molecule has 2 aromatic rings. The molecule has 0 bridgehead atoms. The molecule has 1 N–H and O–H groups in total. The van der Waals surface area contributed by atoms with Gasteiger partial charge in [-0.2, -0.15) is 17.0 Å². The smallest absolute Gasteiger partial charge is 0.235 e. The summed E-state index contributed by atoms with van der Waals surface area (Å²) < 4.78 is 14.9. The number of hydrogen-bond acceptors (Lipinski definition) is 3. The number of rotatable bonds is 5. The molecule has 2 rings (SSSR count). The summed E-state index contributed by atoms with van der Waals surface area (Å²) in [5.74, 6) is 0.392. The molecule has 0 fully saturated rings.